The minimum Gasteiger partial charge on any atom is -0.467 e. The molecule has 0 atom stereocenters. The van der Waals surface area contributed by atoms with E-state index in [1.165, 1.54) is 0 Å². The van der Waals surface area contributed by atoms with Gasteiger partial charge in [0, 0.05) is 12.6 Å². The van der Waals surface area contributed by atoms with Gasteiger partial charge in [0.25, 0.3) is 5.91 Å². The van der Waals surface area contributed by atoms with Crippen molar-refractivity contribution in [3.05, 3.63) is 84.3 Å². The van der Waals surface area contributed by atoms with Gasteiger partial charge in [-0.1, -0.05) is 18.2 Å². The normalized spacial score (nSPS) is 10.3. The van der Waals surface area contributed by atoms with Crippen molar-refractivity contribution in [2.75, 3.05) is 7.05 Å². The summed E-state index contributed by atoms with van der Waals surface area (Å²) in [5.74, 6) is 2.15. The topological polar surface area (TPSA) is 42.7 Å². The molecule has 0 bridgehead atoms. The van der Waals surface area contributed by atoms with E-state index in [9.17, 15) is 4.79 Å². The van der Waals surface area contributed by atoms with E-state index >= 15 is 0 Å². The van der Waals surface area contributed by atoms with Gasteiger partial charge in [0.15, 0.2) is 0 Å². The Morgan fingerprint density at radius 3 is 2.30 bits per heavy atom. The molecule has 0 N–H and O–H groups in total. The maximum Gasteiger partial charge on any atom is 0.254 e. The van der Waals surface area contributed by atoms with Crippen LogP contribution in [0.15, 0.2) is 77.4 Å². The predicted molar refractivity (Wildman–Crippen MR) is 87.5 cm³/mol. The molecule has 23 heavy (non-hydrogen) atoms. The third-order valence-electron chi connectivity index (χ3n) is 3.40. The van der Waals surface area contributed by atoms with Crippen LogP contribution in [0.4, 0.5) is 0 Å². The first-order valence-electron chi connectivity index (χ1n) is 7.33. The first kappa shape index (κ1) is 14.9. The van der Waals surface area contributed by atoms with Crippen molar-refractivity contribution < 1.29 is 13.9 Å². The molecule has 3 rings (SSSR count). The fourth-order valence-corrected chi connectivity index (χ4v) is 2.22. The molecule has 4 nitrogen and oxygen atoms in total. The van der Waals surface area contributed by atoms with Crippen molar-refractivity contribution in [3.8, 4) is 11.5 Å². The lowest BCUT2D eigenvalue weighted by Gasteiger charge is -2.16. The van der Waals surface area contributed by atoms with Crippen LogP contribution < -0.4 is 4.74 Å². The Balaban J connectivity index is 1.65. The molecular formula is C19H17NO3. The smallest absolute Gasteiger partial charge is 0.254 e. The fourth-order valence-electron chi connectivity index (χ4n) is 2.22. The van der Waals surface area contributed by atoms with E-state index in [0.717, 1.165) is 11.5 Å². The summed E-state index contributed by atoms with van der Waals surface area (Å²) in [6, 6.07) is 20.3. The molecule has 0 aliphatic carbocycles. The number of hydrogen-bond donors (Lipinski definition) is 0. The third kappa shape index (κ3) is 3.80. The first-order chi connectivity index (χ1) is 11.2. The monoisotopic (exact) mass is 307 g/mol. The zero-order valence-electron chi connectivity index (χ0n) is 12.8. The predicted octanol–water partition coefficient (Wildman–Crippen LogP) is 4.34. The number of benzene rings is 2. The van der Waals surface area contributed by atoms with Gasteiger partial charge < -0.3 is 14.1 Å². The van der Waals surface area contributed by atoms with Gasteiger partial charge in [0.05, 0.1) is 12.8 Å². The number of carbonyl (C=O) groups is 1. The molecule has 116 valence electrons. The summed E-state index contributed by atoms with van der Waals surface area (Å²) in [4.78, 5) is 14.0. The maximum absolute atomic E-state index is 12.4. The van der Waals surface area contributed by atoms with Crippen LogP contribution in [0.25, 0.3) is 0 Å². The van der Waals surface area contributed by atoms with E-state index in [-0.39, 0.29) is 5.91 Å². The van der Waals surface area contributed by atoms with Crippen molar-refractivity contribution in [1.82, 2.24) is 4.90 Å². The summed E-state index contributed by atoms with van der Waals surface area (Å²) < 4.78 is 11.0. The number of furan rings is 1. The van der Waals surface area contributed by atoms with E-state index in [2.05, 4.69) is 0 Å². The zero-order chi connectivity index (χ0) is 16.1. The van der Waals surface area contributed by atoms with Gasteiger partial charge in [0.2, 0.25) is 0 Å². The van der Waals surface area contributed by atoms with Crippen molar-refractivity contribution in [3.63, 3.8) is 0 Å². The molecular weight excluding hydrogens is 290 g/mol. The van der Waals surface area contributed by atoms with Crippen LogP contribution in [-0.4, -0.2) is 17.9 Å². The summed E-state index contributed by atoms with van der Waals surface area (Å²) in [5, 5.41) is 0. The standard InChI is InChI=1S/C19H17NO3/c1-20(14-18-8-5-13-22-18)19(21)15-9-11-17(12-10-15)23-16-6-3-2-4-7-16/h2-13H,14H2,1H3. The summed E-state index contributed by atoms with van der Waals surface area (Å²) in [6.45, 7) is 0.439. The molecule has 0 aliphatic heterocycles. The lowest BCUT2D eigenvalue weighted by atomic mass is 10.2. The van der Waals surface area contributed by atoms with Gasteiger partial charge in [-0.05, 0) is 48.5 Å². The number of para-hydroxylation sites is 1. The molecule has 0 spiro atoms. The molecule has 0 fully saturated rings. The van der Waals surface area contributed by atoms with E-state index < -0.39 is 0 Å². The van der Waals surface area contributed by atoms with Gasteiger partial charge in [-0.15, -0.1) is 0 Å². The van der Waals surface area contributed by atoms with E-state index in [0.29, 0.717) is 17.9 Å². The number of hydrogen-bond acceptors (Lipinski definition) is 3. The van der Waals surface area contributed by atoms with Crippen LogP contribution in [0, 0.1) is 0 Å². The second-order valence-electron chi connectivity index (χ2n) is 5.18. The van der Waals surface area contributed by atoms with E-state index in [4.69, 9.17) is 9.15 Å². The summed E-state index contributed by atoms with van der Waals surface area (Å²) in [7, 11) is 1.75. The maximum atomic E-state index is 12.4. The Morgan fingerprint density at radius 2 is 1.65 bits per heavy atom. The summed E-state index contributed by atoms with van der Waals surface area (Å²) >= 11 is 0. The molecule has 4 heteroatoms. The minimum absolute atomic E-state index is 0.0624. The highest BCUT2D eigenvalue weighted by Crippen LogP contribution is 2.21. The first-order valence-corrected chi connectivity index (χ1v) is 7.33. The number of rotatable bonds is 5. The molecule has 1 heterocycles. The number of ether oxygens (including phenoxy) is 1. The Morgan fingerprint density at radius 1 is 0.957 bits per heavy atom. The van der Waals surface area contributed by atoms with Crippen molar-refractivity contribution in [1.29, 1.82) is 0 Å². The van der Waals surface area contributed by atoms with Crippen LogP contribution in [0.3, 0.4) is 0 Å². The summed E-state index contributed by atoms with van der Waals surface area (Å²) in [5.41, 5.74) is 0.611. The molecule has 0 saturated carbocycles. The zero-order valence-corrected chi connectivity index (χ0v) is 12.8. The Kier molecular flexibility index (Phi) is 4.43. The van der Waals surface area contributed by atoms with Crippen LogP contribution in [0.1, 0.15) is 16.1 Å². The molecule has 0 unspecified atom stereocenters. The molecule has 0 radical (unpaired) electrons. The lowest BCUT2D eigenvalue weighted by molar-refractivity contribution is 0.0775. The van der Waals surface area contributed by atoms with Crippen molar-refractivity contribution in [2.45, 2.75) is 6.54 Å². The Bertz CT molecular complexity index is 749. The number of carbonyl (C=O) groups excluding carboxylic acids is 1. The quantitative estimate of drug-likeness (QED) is 0.704. The molecule has 1 amide bonds. The van der Waals surface area contributed by atoms with Gasteiger partial charge in [0.1, 0.15) is 17.3 Å². The number of nitrogens with zero attached hydrogens (tertiary/aromatic N) is 1. The van der Waals surface area contributed by atoms with Crippen LogP contribution in [0.5, 0.6) is 11.5 Å². The minimum atomic E-state index is -0.0624. The summed E-state index contributed by atoms with van der Waals surface area (Å²) in [6.07, 6.45) is 1.60. The lowest BCUT2D eigenvalue weighted by Crippen LogP contribution is -2.25. The average Bonchev–Trinajstić information content (AvgIpc) is 3.09. The highest BCUT2D eigenvalue weighted by atomic mass is 16.5. The van der Waals surface area contributed by atoms with Crippen LogP contribution >= 0.6 is 0 Å². The average molecular weight is 307 g/mol. The molecule has 0 saturated heterocycles. The molecule has 0 aliphatic rings. The van der Waals surface area contributed by atoms with E-state index in [1.54, 1.807) is 42.5 Å². The second kappa shape index (κ2) is 6.83. The largest absolute Gasteiger partial charge is 0.467 e. The van der Waals surface area contributed by atoms with Crippen molar-refractivity contribution in [2.24, 2.45) is 0 Å². The van der Waals surface area contributed by atoms with Gasteiger partial charge in [-0.3, -0.25) is 4.79 Å². The molecule has 1 aromatic heterocycles. The Hall–Kier alpha value is -3.01. The Labute approximate surface area is 134 Å². The second-order valence-corrected chi connectivity index (χ2v) is 5.18. The highest BCUT2D eigenvalue weighted by Gasteiger charge is 2.13. The highest BCUT2D eigenvalue weighted by molar-refractivity contribution is 5.94. The van der Waals surface area contributed by atoms with Gasteiger partial charge in [-0.25, -0.2) is 0 Å². The van der Waals surface area contributed by atoms with Crippen molar-refractivity contribution >= 4 is 5.91 Å². The SMILES string of the molecule is CN(Cc1ccco1)C(=O)c1ccc(Oc2ccccc2)cc1. The van der Waals surface area contributed by atoms with Crippen LogP contribution in [0.2, 0.25) is 0 Å². The molecule has 3 aromatic rings. The van der Waals surface area contributed by atoms with Gasteiger partial charge >= 0.3 is 0 Å². The fraction of sp³-hybridized carbons (Fsp3) is 0.105. The van der Waals surface area contributed by atoms with E-state index in [1.807, 2.05) is 42.5 Å². The third-order valence-corrected chi connectivity index (χ3v) is 3.40. The number of amides is 1. The molecule has 2 aromatic carbocycles. The van der Waals surface area contributed by atoms with Crippen LogP contribution in [-0.2, 0) is 6.54 Å². The van der Waals surface area contributed by atoms with Gasteiger partial charge in [-0.2, -0.15) is 0 Å².